The van der Waals surface area contributed by atoms with Crippen molar-refractivity contribution in [1.29, 1.82) is 0 Å². The highest BCUT2D eigenvalue weighted by molar-refractivity contribution is 7.89. The van der Waals surface area contributed by atoms with Gasteiger partial charge < -0.3 is 5.11 Å². The molecule has 0 aliphatic carbocycles. The average molecular weight is 342 g/mol. The minimum absolute atomic E-state index is 0.228. The van der Waals surface area contributed by atoms with Gasteiger partial charge >= 0.3 is 0 Å². The summed E-state index contributed by atoms with van der Waals surface area (Å²) in [6.07, 6.45) is -0.154. The number of hydrogen-bond acceptors (Lipinski definition) is 3. The molecule has 0 aromatic heterocycles. The van der Waals surface area contributed by atoms with Crippen LogP contribution >= 0.6 is 0 Å². The third-order valence-electron chi connectivity index (χ3n) is 4.91. The van der Waals surface area contributed by atoms with E-state index in [-0.39, 0.29) is 12.0 Å². The number of hydrogen-bond donors (Lipinski definition) is 2. The SMILES string of the molecule is Cc1c(C)c(C)c(S(=O)(=O)NCCC(O)C(C)(C)C)c(C)c1C. The minimum Gasteiger partial charge on any atom is -0.393 e. The number of nitrogens with one attached hydrogen (secondary N) is 1. The number of sulfonamides is 1. The molecule has 23 heavy (non-hydrogen) atoms. The standard InChI is InChI=1S/C18H31NO3S/c1-11-12(2)14(4)17(15(5)13(11)3)23(21,22)19-10-9-16(20)18(6,7)8/h16,19-20H,9-10H2,1-8H3. The average Bonchev–Trinajstić information content (AvgIpc) is 2.41. The minimum atomic E-state index is -3.59. The number of rotatable bonds is 5. The summed E-state index contributed by atoms with van der Waals surface area (Å²) in [5.41, 5.74) is 4.52. The molecule has 2 N–H and O–H groups in total. The molecule has 4 nitrogen and oxygen atoms in total. The molecular weight excluding hydrogens is 310 g/mol. The first-order chi connectivity index (χ1) is 10.3. The van der Waals surface area contributed by atoms with Crippen molar-refractivity contribution in [3.05, 3.63) is 27.8 Å². The number of aliphatic hydroxyl groups is 1. The van der Waals surface area contributed by atoms with Crippen LogP contribution < -0.4 is 4.72 Å². The Morgan fingerprint density at radius 3 is 1.70 bits per heavy atom. The normalized spacial score (nSPS) is 14.1. The zero-order valence-electron chi connectivity index (χ0n) is 15.7. The molecule has 0 bridgehead atoms. The van der Waals surface area contributed by atoms with Crippen molar-refractivity contribution in [1.82, 2.24) is 4.72 Å². The molecule has 0 aliphatic rings. The van der Waals surface area contributed by atoms with Gasteiger partial charge in [-0.15, -0.1) is 0 Å². The second-order valence-corrected chi connectivity index (χ2v) is 9.23. The van der Waals surface area contributed by atoms with Crippen LogP contribution in [0.15, 0.2) is 4.90 Å². The van der Waals surface area contributed by atoms with Gasteiger partial charge in [-0.25, -0.2) is 13.1 Å². The van der Waals surface area contributed by atoms with Crippen LogP contribution in [0.4, 0.5) is 0 Å². The monoisotopic (exact) mass is 341 g/mol. The summed E-state index contributed by atoms with van der Waals surface area (Å²) in [5.74, 6) is 0. The highest BCUT2D eigenvalue weighted by atomic mass is 32.2. The Hall–Kier alpha value is -0.910. The van der Waals surface area contributed by atoms with Crippen LogP contribution in [-0.2, 0) is 10.0 Å². The largest absolute Gasteiger partial charge is 0.393 e. The van der Waals surface area contributed by atoms with Gasteiger partial charge in [-0.3, -0.25) is 0 Å². The molecule has 0 fully saturated rings. The van der Waals surface area contributed by atoms with E-state index < -0.39 is 16.1 Å². The Balaban J connectivity index is 3.07. The highest BCUT2D eigenvalue weighted by Crippen LogP contribution is 2.29. The molecular formula is C18H31NO3S. The Bertz CT molecular complexity index is 656. The van der Waals surface area contributed by atoms with E-state index in [4.69, 9.17) is 0 Å². The van der Waals surface area contributed by atoms with E-state index in [1.54, 1.807) is 0 Å². The molecule has 0 saturated carbocycles. The molecule has 0 spiro atoms. The fraction of sp³-hybridized carbons (Fsp3) is 0.667. The van der Waals surface area contributed by atoms with Crippen LogP contribution in [-0.4, -0.2) is 26.2 Å². The zero-order chi connectivity index (χ0) is 18.2. The number of benzene rings is 1. The first kappa shape index (κ1) is 20.1. The van der Waals surface area contributed by atoms with Crippen LogP contribution in [0, 0.1) is 40.0 Å². The molecule has 0 radical (unpaired) electrons. The predicted octanol–water partition coefficient (Wildman–Crippen LogP) is 3.30. The summed E-state index contributed by atoms with van der Waals surface area (Å²) >= 11 is 0. The van der Waals surface area contributed by atoms with Gasteiger partial charge in [0.2, 0.25) is 10.0 Å². The molecule has 0 aliphatic heterocycles. The van der Waals surface area contributed by atoms with Crippen molar-refractivity contribution >= 4 is 10.0 Å². The maximum atomic E-state index is 12.7. The van der Waals surface area contributed by atoms with E-state index in [2.05, 4.69) is 4.72 Å². The molecule has 0 saturated heterocycles. The highest BCUT2D eigenvalue weighted by Gasteiger charge is 2.25. The lowest BCUT2D eigenvalue weighted by molar-refractivity contribution is 0.0571. The Labute approximate surface area is 141 Å². The van der Waals surface area contributed by atoms with Crippen LogP contribution in [0.2, 0.25) is 0 Å². The maximum Gasteiger partial charge on any atom is 0.241 e. The summed E-state index contributed by atoms with van der Waals surface area (Å²) in [4.78, 5) is 0.378. The molecule has 1 atom stereocenters. The number of aliphatic hydroxyl groups excluding tert-OH is 1. The molecule has 1 aromatic carbocycles. The van der Waals surface area contributed by atoms with Crippen LogP contribution in [0.5, 0.6) is 0 Å². The van der Waals surface area contributed by atoms with Crippen molar-refractivity contribution in [2.45, 2.75) is 72.8 Å². The van der Waals surface area contributed by atoms with E-state index in [1.807, 2.05) is 55.4 Å². The summed E-state index contributed by atoms with van der Waals surface area (Å²) < 4.78 is 28.1. The summed E-state index contributed by atoms with van der Waals surface area (Å²) in [7, 11) is -3.59. The molecule has 5 heteroatoms. The lowest BCUT2D eigenvalue weighted by Crippen LogP contribution is -2.33. The van der Waals surface area contributed by atoms with Crippen molar-refractivity contribution in [3.8, 4) is 0 Å². The fourth-order valence-electron chi connectivity index (χ4n) is 2.70. The van der Waals surface area contributed by atoms with Crippen LogP contribution in [0.1, 0.15) is 55.0 Å². The van der Waals surface area contributed by atoms with Gasteiger partial charge in [0.1, 0.15) is 0 Å². The first-order valence-corrected chi connectivity index (χ1v) is 9.53. The Morgan fingerprint density at radius 1 is 0.913 bits per heavy atom. The van der Waals surface area contributed by atoms with Gasteiger partial charge in [-0.1, -0.05) is 20.8 Å². The van der Waals surface area contributed by atoms with E-state index in [0.29, 0.717) is 11.3 Å². The Morgan fingerprint density at radius 2 is 1.30 bits per heavy atom. The molecule has 0 heterocycles. The molecule has 0 amide bonds. The van der Waals surface area contributed by atoms with Crippen molar-refractivity contribution < 1.29 is 13.5 Å². The third kappa shape index (κ3) is 4.34. The summed E-state index contributed by atoms with van der Waals surface area (Å²) in [5, 5.41) is 10.1. The van der Waals surface area contributed by atoms with Gasteiger partial charge in [-0.05, 0) is 74.3 Å². The summed E-state index contributed by atoms with van der Waals surface area (Å²) in [6.45, 7) is 15.7. The first-order valence-electron chi connectivity index (χ1n) is 8.05. The van der Waals surface area contributed by atoms with Crippen molar-refractivity contribution in [3.63, 3.8) is 0 Å². The van der Waals surface area contributed by atoms with Crippen LogP contribution in [0.25, 0.3) is 0 Å². The molecule has 1 rings (SSSR count). The lowest BCUT2D eigenvalue weighted by atomic mass is 9.87. The Kier molecular flexibility index (Phi) is 6.05. The van der Waals surface area contributed by atoms with Crippen molar-refractivity contribution in [2.75, 3.05) is 6.54 Å². The zero-order valence-corrected chi connectivity index (χ0v) is 16.5. The van der Waals surface area contributed by atoms with Gasteiger partial charge in [0.25, 0.3) is 0 Å². The van der Waals surface area contributed by atoms with E-state index in [0.717, 1.165) is 27.8 Å². The summed E-state index contributed by atoms with van der Waals surface area (Å²) in [6, 6.07) is 0. The van der Waals surface area contributed by atoms with E-state index in [1.165, 1.54) is 0 Å². The smallest absolute Gasteiger partial charge is 0.241 e. The van der Waals surface area contributed by atoms with Gasteiger partial charge in [0, 0.05) is 6.54 Å². The third-order valence-corrected chi connectivity index (χ3v) is 6.64. The molecule has 1 aromatic rings. The maximum absolute atomic E-state index is 12.7. The van der Waals surface area contributed by atoms with E-state index >= 15 is 0 Å². The van der Waals surface area contributed by atoms with Gasteiger partial charge in [-0.2, -0.15) is 0 Å². The fourth-order valence-corrected chi connectivity index (χ4v) is 4.35. The second kappa shape index (κ2) is 6.91. The van der Waals surface area contributed by atoms with Gasteiger partial charge in [0.05, 0.1) is 11.0 Å². The predicted molar refractivity (Wildman–Crippen MR) is 95.4 cm³/mol. The topological polar surface area (TPSA) is 66.4 Å². The quantitative estimate of drug-likeness (QED) is 0.863. The van der Waals surface area contributed by atoms with Crippen LogP contribution in [0.3, 0.4) is 0 Å². The molecule has 132 valence electrons. The molecule has 1 unspecified atom stereocenters. The van der Waals surface area contributed by atoms with Gasteiger partial charge in [0.15, 0.2) is 0 Å². The van der Waals surface area contributed by atoms with E-state index in [9.17, 15) is 13.5 Å². The van der Waals surface area contributed by atoms with Crippen molar-refractivity contribution in [2.24, 2.45) is 5.41 Å². The lowest BCUT2D eigenvalue weighted by Gasteiger charge is -2.26. The second-order valence-electron chi connectivity index (χ2n) is 7.52.